The molecule has 0 bridgehead atoms. The van der Waals surface area contributed by atoms with Gasteiger partial charge in [-0.05, 0) is 30.7 Å². The van der Waals surface area contributed by atoms with Gasteiger partial charge in [0.25, 0.3) is 11.8 Å². The first kappa shape index (κ1) is 19.2. The van der Waals surface area contributed by atoms with Gasteiger partial charge in [-0.15, -0.1) is 0 Å². The van der Waals surface area contributed by atoms with Crippen molar-refractivity contribution in [2.45, 2.75) is 18.4 Å². The van der Waals surface area contributed by atoms with Gasteiger partial charge < -0.3 is 0 Å². The predicted octanol–water partition coefficient (Wildman–Crippen LogP) is 5.21. The summed E-state index contributed by atoms with van der Waals surface area (Å²) in [7, 11) is 0. The third-order valence-electron chi connectivity index (χ3n) is 4.72. The lowest BCUT2D eigenvalue weighted by Gasteiger charge is -2.15. The number of benzene rings is 3. The van der Waals surface area contributed by atoms with Crippen molar-refractivity contribution in [1.82, 2.24) is 4.90 Å². The number of rotatable bonds is 5. The summed E-state index contributed by atoms with van der Waals surface area (Å²) in [4.78, 5) is 28.8. The van der Waals surface area contributed by atoms with E-state index in [2.05, 4.69) is 0 Å². The second-order valence-electron chi connectivity index (χ2n) is 6.77. The van der Waals surface area contributed by atoms with Crippen LogP contribution in [0.5, 0.6) is 0 Å². The van der Waals surface area contributed by atoms with Gasteiger partial charge >= 0.3 is 0 Å². The molecule has 1 aliphatic rings. The average molecular weight is 403 g/mol. The molecule has 0 fully saturated rings. The van der Waals surface area contributed by atoms with Crippen molar-refractivity contribution in [1.29, 1.82) is 0 Å². The number of hydrogen-bond acceptors (Lipinski definition) is 3. The van der Waals surface area contributed by atoms with E-state index in [0.717, 1.165) is 15.4 Å². The van der Waals surface area contributed by atoms with Crippen LogP contribution in [-0.2, 0) is 16.1 Å². The summed E-state index contributed by atoms with van der Waals surface area (Å²) in [6, 6.07) is 23.1. The Morgan fingerprint density at radius 1 is 0.828 bits per heavy atom. The van der Waals surface area contributed by atoms with Crippen molar-refractivity contribution in [3.8, 4) is 0 Å². The maximum absolute atomic E-state index is 14.1. The standard InChI is InChI=1S/C24H18FNO2S/c1-16-11-13-17(14-12-16)21-22(29-19-8-3-2-4-9-19)24(28)26(23(21)27)15-18-7-5-6-10-20(18)25/h2-14H,15H2,1H3. The zero-order valence-corrected chi connectivity index (χ0v) is 16.6. The first-order valence-corrected chi connectivity index (χ1v) is 10.00. The number of thioether (sulfide) groups is 1. The van der Waals surface area contributed by atoms with E-state index in [1.54, 1.807) is 18.2 Å². The molecule has 0 aliphatic carbocycles. The number of imide groups is 1. The number of aryl methyl sites for hydroxylation is 1. The Morgan fingerprint density at radius 2 is 1.48 bits per heavy atom. The first-order chi connectivity index (χ1) is 14.0. The highest BCUT2D eigenvalue weighted by atomic mass is 32.2. The molecular formula is C24H18FNO2S. The molecule has 0 unspecified atom stereocenters. The van der Waals surface area contributed by atoms with E-state index in [1.807, 2.05) is 61.5 Å². The summed E-state index contributed by atoms with van der Waals surface area (Å²) in [5, 5.41) is 0. The summed E-state index contributed by atoms with van der Waals surface area (Å²) in [6.45, 7) is 1.86. The van der Waals surface area contributed by atoms with Crippen molar-refractivity contribution in [3.05, 3.63) is 106 Å². The highest BCUT2D eigenvalue weighted by Gasteiger charge is 2.39. The van der Waals surface area contributed by atoms with E-state index in [9.17, 15) is 14.0 Å². The summed E-state index contributed by atoms with van der Waals surface area (Å²) in [5.74, 6) is -1.24. The molecule has 29 heavy (non-hydrogen) atoms. The molecule has 0 aromatic heterocycles. The Kier molecular flexibility index (Phi) is 5.32. The summed E-state index contributed by atoms with van der Waals surface area (Å²) in [6.07, 6.45) is 0. The van der Waals surface area contributed by atoms with Crippen LogP contribution < -0.4 is 0 Å². The Morgan fingerprint density at radius 3 is 2.17 bits per heavy atom. The van der Waals surface area contributed by atoms with Crippen LogP contribution in [0.25, 0.3) is 5.57 Å². The van der Waals surface area contributed by atoms with Gasteiger partial charge in [0.15, 0.2) is 0 Å². The van der Waals surface area contributed by atoms with Crippen LogP contribution in [-0.4, -0.2) is 16.7 Å². The SMILES string of the molecule is Cc1ccc(C2=C(Sc3ccccc3)C(=O)N(Cc3ccccc3F)C2=O)cc1. The van der Waals surface area contributed by atoms with Gasteiger partial charge in [0.05, 0.1) is 17.0 Å². The average Bonchev–Trinajstić information content (AvgIpc) is 2.95. The minimum Gasteiger partial charge on any atom is -0.269 e. The fourth-order valence-electron chi connectivity index (χ4n) is 3.17. The molecule has 1 heterocycles. The number of amides is 2. The van der Waals surface area contributed by atoms with Gasteiger partial charge in [0, 0.05) is 10.5 Å². The maximum atomic E-state index is 14.1. The lowest BCUT2D eigenvalue weighted by Crippen LogP contribution is -2.31. The van der Waals surface area contributed by atoms with Gasteiger partial charge in [-0.25, -0.2) is 4.39 Å². The van der Waals surface area contributed by atoms with Crippen LogP contribution in [0.3, 0.4) is 0 Å². The Hall–Kier alpha value is -3.18. The van der Waals surface area contributed by atoms with Crippen molar-refractivity contribution >= 4 is 29.1 Å². The highest BCUT2D eigenvalue weighted by molar-refractivity contribution is 8.04. The normalized spacial score (nSPS) is 14.1. The minimum atomic E-state index is -0.436. The molecule has 5 heteroatoms. The molecule has 3 nitrogen and oxygen atoms in total. The van der Waals surface area contributed by atoms with Crippen LogP contribution in [0.15, 0.2) is 88.7 Å². The van der Waals surface area contributed by atoms with E-state index >= 15 is 0 Å². The molecule has 0 atom stereocenters. The van der Waals surface area contributed by atoms with Gasteiger partial charge in [0.1, 0.15) is 5.82 Å². The molecule has 1 aliphatic heterocycles. The van der Waals surface area contributed by atoms with E-state index in [0.29, 0.717) is 21.6 Å². The number of halogens is 1. The van der Waals surface area contributed by atoms with E-state index < -0.39 is 17.6 Å². The number of hydrogen-bond donors (Lipinski definition) is 0. The summed E-state index contributed by atoms with van der Waals surface area (Å²) in [5.41, 5.74) is 2.42. The third kappa shape index (κ3) is 3.87. The van der Waals surface area contributed by atoms with E-state index in [1.165, 1.54) is 17.8 Å². The van der Waals surface area contributed by atoms with Crippen LogP contribution in [0.2, 0.25) is 0 Å². The molecule has 0 spiro atoms. The van der Waals surface area contributed by atoms with Crippen LogP contribution in [0.4, 0.5) is 4.39 Å². The Balaban J connectivity index is 1.75. The monoisotopic (exact) mass is 403 g/mol. The van der Waals surface area contributed by atoms with Gasteiger partial charge in [-0.1, -0.05) is 78.0 Å². The highest BCUT2D eigenvalue weighted by Crippen LogP contribution is 2.40. The molecule has 0 N–H and O–H groups in total. The molecule has 3 aromatic rings. The topological polar surface area (TPSA) is 37.4 Å². The maximum Gasteiger partial charge on any atom is 0.268 e. The van der Waals surface area contributed by atoms with Crippen molar-refractivity contribution in [2.24, 2.45) is 0 Å². The molecule has 0 radical (unpaired) electrons. The quantitative estimate of drug-likeness (QED) is 0.549. The molecule has 0 saturated carbocycles. The molecule has 2 amide bonds. The van der Waals surface area contributed by atoms with Crippen molar-refractivity contribution < 1.29 is 14.0 Å². The van der Waals surface area contributed by atoms with Gasteiger partial charge in [-0.2, -0.15) is 0 Å². The second kappa shape index (κ2) is 8.05. The number of carbonyl (C=O) groups excluding carboxylic acids is 2. The fraction of sp³-hybridized carbons (Fsp3) is 0.0833. The van der Waals surface area contributed by atoms with Crippen LogP contribution >= 0.6 is 11.8 Å². The zero-order chi connectivity index (χ0) is 20.4. The lowest BCUT2D eigenvalue weighted by molar-refractivity contribution is -0.137. The largest absolute Gasteiger partial charge is 0.269 e. The third-order valence-corrected chi connectivity index (χ3v) is 5.81. The molecule has 144 valence electrons. The fourth-order valence-corrected chi connectivity index (χ4v) is 4.20. The molecule has 3 aromatic carbocycles. The minimum absolute atomic E-state index is 0.0987. The van der Waals surface area contributed by atoms with Crippen LogP contribution in [0.1, 0.15) is 16.7 Å². The predicted molar refractivity (Wildman–Crippen MR) is 112 cm³/mol. The lowest BCUT2D eigenvalue weighted by atomic mass is 10.0. The Bertz CT molecular complexity index is 1110. The first-order valence-electron chi connectivity index (χ1n) is 9.18. The van der Waals surface area contributed by atoms with Gasteiger partial charge in [-0.3, -0.25) is 14.5 Å². The smallest absolute Gasteiger partial charge is 0.268 e. The summed E-state index contributed by atoms with van der Waals surface area (Å²) < 4.78 is 14.1. The van der Waals surface area contributed by atoms with E-state index in [-0.39, 0.29) is 6.54 Å². The van der Waals surface area contributed by atoms with E-state index in [4.69, 9.17) is 0 Å². The number of carbonyl (C=O) groups is 2. The zero-order valence-electron chi connectivity index (χ0n) is 15.8. The molecule has 0 saturated heterocycles. The molecule has 4 rings (SSSR count). The Labute approximate surface area is 172 Å². The van der Waals surface area contributed by atoms with Crippen LogP contribution in [0, 0.1) is 12.7 Å². The van der Waals surface area contributed by atoms with Crippen molar-refractivity contribution in [3.63, 3.8) is 0 Å². The van der Waals surface area contributed by atoms with Gasteiger partial charge in [0.2, 0.25) is 0 Å². The van der Waals surface area contributed by atoms with Crippen molar-refractivity contribution in [2.75, 3.05) is 0 Å². The molecular weight excluding hydrogens is 385 g/mol. The number of nitrogens with zero attached hydrogens (tertiary/aromatic N) is 1. The summed E-state index contributed by atoms with van der Waals surface area (Å²) >= 11 is 1.26. The second-order valence-corrected chi connectivity index (χ2v) is 7.86.